The van der Waals surface area contributed by atoms with E-state index in [1.165, 1.54) is 43.2 Å². The van der Waals surface area contributed by atoms with Crippen LogP contribution in [0.1, 0.15) is 109 Å². The zero-order chi connectivity index (χ0) is 25.7. The zero-order valence-electron chi connectivity index (χ0n) is 23.7. The monoisotopic (exact) mass is 676 g/mol. The van der Waals surface area contributed by atoms with Crippen molar-refractivity contribution in [2.24, 2.45) is 29.1 Å². The summed E-state index contributed by atoms with van der Waals surface area (Å²) >= 11 is 0. The number of nitrogens with zero attached hydrogens (tertiary/aromatic N) is 1. The molecule has 5 fully saturated rings. The molecule has 2 aromatic carbocycles. The normalized spacial score (nSPS) is 30.7. The van der Waals surface area contributed by atoms with Gasteiger partial charge in [0.15, 0.2) is 0 Å². The Morgan fingerprint density at radius 3 is 1.76 bits per heavy atom. The van der Waals surface area contributed by atoms with Crippen LogP contribution in [0, 0.1) is 48.0 Å². The van der Waals surface area contributed by atoms with Crippen LogP contribution in [0.5, 0.6) is 0 Å². The van der Waals surface area contributed by atoms with Gasteiger partial charge in [0.1, 0.15) is 0 Å². The van der Waals surface area contributed by atoms with Gasteiger partial charge in [-0.25, -0.2) is 6.54 Å². The maximum atomic E-state index is 6.69. The van der Waals surface area contributed by atoms with Gasteiger partial charge in [0.2, 0.25) is 0 Å². The van der Waals surface area contributed by atoms with Crippen LogP contribution in [-0.4, -0.2) is 5.54 Å². The molecule has 5 aliphatic rings. The van der Waals surface area contributed by atoms with Gasteiger partial charge in [-0.2, -0.15) is 0 Å². The summed E-state index contributed by atoms with van der Waals surface area (Å²) in [6.45, 7) is 17.3. The Morgan fingerprint density at radius 2 is 1.32 bits per heavy atom. The summed E-state index contributed by atoms with van der Waals surface area (Å²) in [5, 5.41) is 0. The molecule has 1 spiro atoms. The molecule has 1 aliphatic heterocycles. The van der Waals surface area contributed by atoms with Gasteiger partial charge >= 0.3 is 0 Å². The van der Waals surface area contributed by atoms with E-state index in [-0.39, 0.29) is 27.9 Å². The van der Waals surface area contributed by atoms with E-state index in [9.17, 15) is 0 Å². The summed E-state index contributed by atoms with van der Waals surface area (Å²) in [5.41, 5.74) is 6.13. The van der Waals surface area contributed by atoms with Crippen LogP contribution in [0.4, 0.5) is 5.69 Å². The molecule has 4 bridgehead atoms. The zero-order valence-corrected chi connectivity index (χ0v) is 25.8. The molecule has 4 aliphatic carbocycles. The molecule has 1 heterocycles. The van der Waals surface area contributed by atoms with Crippen molar-refractivity contribution in [3.05, 3.63) is 78.2 Å². The second-order valence-electron chi connectivity index (χ2n) is 13.5. The van der Waals surface area contributed by atoms with Gasteiger partial charge in [0.05, 0.1) is 0 Å². The number of rotatable bonds is 3. The second-order valence-corrected chi connectivity index (χ2v) is 13.5. The van der Waals surface area contributed by atoms with Crippen LogP contribution in [-0.2, 0) is 22.4 Å². The third-order valence-electron chi connectivity index (χ3n) is 9.92. The van der Waals surface area contributed by atoms with Crippen molar-refractivity contribution < 1.29 is 22.4 Å². The van der Waals surface area contributed by atoms with Crippen LogP contribution in [0.2, 0.25) is 0 Å². The SMILES string of the molecule is CC(C)c1cccc(C(C)C)c1N1[CH-]C2(CC1(C)C)C1CC3CC(C1)CC2C3.[Au].[C-]#Cc1ccccc1. The maximum absolute atomic E-state index is 6.69. The fraction of sp³-hybridized carbons (Fsp3) is 0.571. The molecule has 37 heavy (non-hydrogen) atoms. The molecule has 0 N–H and O–H groups in total. The summed E-state index contributed by atoms with van der Waals surface area (Å²) in [5.74, 6) is 7.39. The Bertz CT molecular complexity index is 1050. The minimum atomic E-state index is 0. The number of benzene rings is 2. The largest absolute Gasteiger partial charge is 0.517 e. The molecule has 2 heteroatoms. The van der Waals surface area contributed by atoms with Crippen LogP contribution < -0.4 is 4.90 Å². The topological polar surface area (TPSA) is 3.24 Å². The summed E-state index contributed by atoms with van der Waals surface area (Å²) in [4.78, 5) is 2.78. The second kappa shape index (κ2) is 11.0. The first-order valence-electron chi connectivity index (χ1n) is 14.4. The van der Waals surface area contributed by atoms with E-state index in [0.717, 1.165) is 29.2 Å². The molecule has 0 aromatic heterocycles. The summed E-state index contributed by atoms with van der Waals surface area (Å²) in [7, 11) is 0. The predicted octanol–water partition coefficient (Wildman–Crippen LogP) is 9.15. The van der Waals surface area contributed by atoms with Gasteiger partial charge < -0.3 is 11.3 Å². The van der Waals surface area contributed by atoms with E-state index in [1.54, 1.807) is 12.1 Å². The van der Waals surface area contributed by atoms with Crippen molar-refractivity contribution in [1.82, 2.24) is 0 Å². The molecule has 7 rings (SSSR count). The molecule has 2 aromatic rings. The van der Waals surface area contributed by atoms with E-state index in [1.807, 2.05) is 30.3 Å². The van der Waals surface area contributed by atoms with E-state index in [0.29, 0.717) is 17.3 Å². The molecule has 1 radical (unpaired) electrons. The molecular weight excluding hydrogens is 631 g/mol. The minimum absolute atomic E-state index is 0. The smallest absolute Gasteiger partial charge is 0.0145 e. The van der Waals surface area contributed by atoms with Gasteiger partial charge in [-0.05, 0) is 80.8 Å². The van der Waals surface area contributed by atoms with Gasteiger partial charge in [-0.3, -0.25) is 5.92 Å². The van der Waals surface area contributed by atoms with Crippen molar-refractivity contribution in [3.63, 3.8) is 0 Å². The van der Waals surface area contributed by atoms with E-state index >= 15 is 0 Å². The predicted molar refractivity (Wildman–Crippen MR) is 152 cm³/mol. The summed E-state index contributed by atoms with van der Waals surface area (Å²) in [6, 6.07) is 16.4. The Kier molecular flexibility index (Phi) is 8.46. The number of hydrogen-bond donors (Lipinski definition) is 0. The fourth-order valence-electron chi connectivity index (χ4n) is 8.54. The van der Waals surface area contributed by atoms with Crippen LogP contribution in [0.3, 0.4) is 0 Å². The third kappa shape index (κ3) is 5.24. The van der Waals surface area contributed by atoms with Gasteiger partial charge in [0.25, 0.3) is 0 Å². The molecule has 0 amide bonds. The van der Waals surface area contributed by atoms with Crippen molar-refractivity contribution >= 4 is 5.69 Å². The van der Waals surface area contributed by atoms with Crippen molar-refractivity contribution in [3.8, 4) is 5.92 Å². The molecule has 4 saturated carbocycles. The number of hydrogen-bond acceptors (Lipinski definition) is 1. The maximum Gasteiger partial charge on any atom is 0.0145 e. The van der Waals surface area contributed by atoms with Crippen LogP contribution in [0.25, 0.3) is 0 Å². The first-order chi connectivity index (χ1) is 17.1. The van der Waals surface area contributed by atoms with Crippen molar-refractivity contribution in [2.45, 2.75) is 97.4 Å². The van der Waals surface area contributed by atoms with E-state index in [4.69, 9.17) is 6.42 Å². The molecular formula is C35H45AuN-2. The Balaban J connectivity index is 0.000000307. The Morgan fingerprint density at radius 1 is 0.811 bits per heavy atom. The molecule has 203 valence electrons. The van der Waals surface area contributed by atoms with E-state index < -0.39 is 0 Å². The minimum Gasteiger partial charge on any atom is -0.517 e. The third-order valence-corrected chi connectivity index (χ3v) is 9.92. The fourth-order valence-corrected chi connectivity index (χ4v) is 8.54. The quantitative estimate of drug-likeness (QED) is 0.178. The van der Waals surface area contributed by atoms with Crippen LogP contribution in [0.15, 0.2) is 48.5 Å². The summed E-state index contributed by atoms with van der Waals surface area (Å²) < 4.78 is 0. The molecule has 1 nitrogen and oxygen atoms in total. The molecule has 1 saturated heterocycles. The Hall–Kier alpha value is -1.46. The number of anilines is 1. The van der Waals surface area contributed by atoms with Gasteiger partial charge in [-0.15, -0.1) is 23.1 Å². The average molecular weight is 677 g/mol. The van der Waals surface area contributed by atoms with Crippen molar-refractivity contribution in [2.75, 3.05) is 4.90 Å². The van der Waals surface area contributed by atoms with Crippen LogP contribution >= 0.6 is 0 Å². The Labute approximate surface area is 242 Å². The number of para-hydroxylation sites is 1. The average Bonchev–Trinajstić information content (AvgIpc) is 3.14. The van der Waals surface area contributed by atoms with Gasteiger partial charge in [-0.1, -0.05) is 82.3 Å². The van der Waals surface area contributed by atoms with E-state index in [2.05, 4.69) is 77.1 Å². The standard InChI is InChI=1S/C27H40N.C8H5.Au/c1-17(2)23-8-7-9-24(18(3)4)25(23)28-16-27(15-26(28,5)6)21-11-19-10-20(13-21)14-22(27)12-19;1-2-8-6-4-3-5-7-8;/h7-9,16-22H,10-15H2,1-6H3;3-7H;/q2*-1;. The first kappa shape index (κ1) is 28.5. The van der Waals surface area contributed by atoms with Gasteiger partial charge in [0, 0.05) is 33.6 Å². The van der Waals surface area contributed by atoms with Crippen molar-refractivity contribution in [1.29, 1.82) is 0 Å². The first-order valence-corrected chi connectivity index (χ1v) is 14.4. The molecule has 0 atom stereocenters. The molecule has 0 unspecified atom stereocenters. The summed E-state index contributed by atoms with van der Waals surface area (Å²) in [6.07, 6.45) is 15.6.